The Morgan fingerprint density at radius 3 is 2.67 bits per heavy atom. The number of carbonyl (C=O) groups excluding carboxylic acids is 1. The van der Waals surface area contributed by atoms with Crippen LogP contribution in [0.5, 0.6) is 0 Å². The number of nitrogens with zero attached hydrogens (tertiary/aromatic N) is 1. The van der Waals surface area contributed by atoms with E-state index in [1.165, 1.54) is 28.8 Å². The van der Waals surface area contributed by atoms with Crippen LogP contribution in [0.15, 0.2) is 34.1 Å². The summed E-state index contributed by atoms with van der Waals surface area (Å²) in [6.45, 7) is 0.659. The number of rotatable bonds is 3. The second-order valence-electron chi connectivity index (χ2n) is 5.56. The van der Waals surface area contributed by atoms with Crippen molar-refractivity contribution >= 4 is 33.2 Å². The normalized spacial score (nSPS) is 13.8. The summed E-state index contributed by atoms with van der Waals surface area (Å²) in [5.41, 5.74) is 3.59. The fourth-order valence-corrected chi connectivity index (χ4v) is 4.37. The maximum Gasteiger partial charge on any atom is 0.253 e. The summed E-state index contributed by atoms with van der Waals surface area (Å²) in [7, 11) is 1.87. The van der Waals surface area contributed by atoms with Gasteiger partial charge >= 0.3 is 0 Å². The molecule has 0 saturated heterocycles. The molecule has 0 bridgehead atoms. The molecule has 21 heavy (non-hydrogen) atoms. The van der Waals surface area contributed by atoms with Gasteiger partial charge in [0, 0.05) is 17.5 Å². The van der Waals surface area contributed by atoms with E-state index in [1.54, 1.807) is 16.2 Å². The van der Waals surface area contributed by atoms with Gasteiger partial charge in [0.15, 0.2) is 0 Å². The molecule has 1 aromatic carbocycles. The Hall–Kier alpha value is -1.13. The van der Waals surface area contributed by atoms with Crippen molar-refractivity contribution in [3.05, 3.63) is 55.7 Å². The highest BCUT2D eigenvalue weighted by molar-refractivity contribution is 9.11. The Labute approximate surface area is 137 Å². The third-order valence-corrected chi connectivity index (χ3v) is 5.57. The molecule has 0 unspecified atom stereocenters. The SMILES string of the molecule is CN(Cc1ccc(Br)s1)C(=O)c1ccc2c(c1)CCCC2. The molecule has 0 spiro atoms. The van der Waals surface area contributed by atoms with Gasteiger partial charge in [-0.25, -0.2) is 0 Å². The summed E-state index contributed by atoms with van der Waals surface area (Å²) in [6.07, 6.45) is 4.78. The van der Waals surface area contributed by atoms with E-state index in [9.17, 15) is 4.79 Å². The average molecular weight is 364 g/mol. The molecule has 1 aliphatic carbocycles. The van der Waals surface area contributed by atoms with E-state index in [4.69, 9.17) is 0 Å². The van der Waals surface area contributed by atoms with Gasteiger partial charge in [-0.2, -0.15) is 0 Å². The van der Waals surface area contributed by atoms with Crippen LogP contribution in [0, 0.1) is 0 Å². The lowest BCUT2D eigenvalue weighted by Gasteiger charge is -2.19. The zero-order valence-corrected chi connectivity index (χ0v) is 14.5. The molecule has 1 aliphatic rings. The molecule has 0 saturated carbocycles. The molecule has 0 aliphatic heterocycles. The van der Waals surface area contributed by atoms with E-state index >= 15 is 0 Å². The summed E-state index contributed by atoms with van der Waals surface area (Å²) in [6, 6.07) is 10.3. The Kier molecular flexibility index (Phi) is 4.45. The second kappa shape index (κ2) is 6.32. The molecule has 1 amide bonds. The van der Waals surface area contributed by atoms with Crippen LogP contribution in [0.3, 0.4) is 0 Å². The van der Waals surface area contributed by atoms with E-state index in [-0.39, 0.29) is 5.91 Å². The van der Waals surface area contributed by atoms with E-state index < -0.39 is 0 Å². The van der Waals surface area contributed by atoms with Crippen LogP contribution in [0.4, 0.5) is 0 Å². The Morgan fingerprint density at radius 2 is 1.95 bits per heavy atom. The molecule has 1 heterocycles. The topological polar surface area (TPSA) is 20.3 Å². The number of hydrogen-bond donors (Lipinski definition) is 0. The minimum absolute atomic E-state index is 0.105. The summed E-state index contributed by atoms with van der Waals surface area (Å²) in [5, 5.41) is 0. The summed E-state index contributed by atoms with van der Waals surface area (Å²) in [5.74, 6) is 0.105. The minimum atomic E-state index is 0.105. The number of thiophene rings is 1. The maximum absolute atomic E-state index is 12.6. The third kappa shape index (κ3) is 3.38. The second-order valence-corrected chi connectivity index (χ2v) is 8.11. The fraction of sp³-hybridized carbons (Fsp3) is 0.353. The van der Waals surface area contributed by atoms with Gasteiger partial charge in [0.05, 0.1) is 10.3 Å². The van der Waals surface area contributed by atoms with Gasteiger partial charge in [-0.05, 0) is 77.0 Å². The first kappa shape index (κ1) is 14.8. The largest absolute Gasteiger partial charge is 0.337 e. The number of benzene rings is 1. The van der Waals surface area contributed by atoms with Gasteiger partial charge in [-0.15, -0.1) is 11.3 Å². The number of halogens is 1. The van der Waals surface area contributed by atoms with Gasteiger partial charge in [-0.1, -0.05) is 6.07 Å². The van der Waals surface area contributed by atoms with Gasteiger partial charge in [0.2, 0.25) is 0 Å². The molecule has 4 heteroatoms. The van der Waals surface area contributed by atoms with Crippen LogP contribution < -0.4 is 0 Å². The summed E-state index contributed by atoms with van der Waals surface area (Å²) < 4.78 is 1.10. The van der Waals surface area contributed by atoms with E-state index in [0.717, 1.165) is 22.2 Å². The summed E-state index contributed by atoms with van der Waals surface area (Å²) >= 11 is 5.13. The monoisotopic (exact) mass is 363 g/mol. The van der Waals surface area contributed by atoms with Crippen LogP contribution in [0.2, 0.25) is 0 Å². The maximum atomic E-state index is 12.6. The van der Waals surface area contributed by atoms with E-state index in [2.05, 4.69) is 34.1 Å². The average Bonchev–Trinajstić information content (AvgIpc) is 2.91. The molecule has 110 valence electrons. The van der Waals surface area contributed by atoms with Crippen molar-refractivity contribution in [1.82, 2.24) is 4.90 Å². The number of amides is 1. The number of hydrogen-bond acceptors (Lipinski definition) is 2. The third-order valence-electron chi connectivity index (χ3n) is 3.96. The smallest absolute Gasteiger partial charge is 0.253 e. The van der Waals surface area contributed by atoms with Crippen LogP contribution in [-0.4, -0.2) is 17.9 Å². The van der Waals surface area contributed by atoms with Crippen LogP contribution >= 0.6 is 27.3 Å². The fourth-order valence-electron chi connectivity index (χ4n) is 2.83. The molecule has 0 atom stereocenters. The number of carbonyl (C=O) groups is 1. The Morgan fingerprint density at radius 1 is 1.19 bits per heavy atom. The van der Waals surface area contributed by atoms with Crippen LogP contribution in [-0.2, 0) is 19.4 Å². The number of fused-ring (bicyclic) bond motifs is 1. The highest BCUT2D eigenvalue weighted by Crippen LogP contribution is 2.25. The molecular formula is C17H18BrNOS. The Balaban J connectivity index is 1.75. The molecular weight excluding hydrogens is 346 g/mol. The molecule has 2 aromatic rings. The lowest BCUT2D eigenvalue weighted by Crippen LogP contribution is -2.26. The molecule has 0 fully saturated rings. The quantitative estimate of drug-likeness (QED) is 0.776. The van der Waals surface area contributed by atoms with Crippen molar-refractivity contribution in [2.24, 2.45) is 0 Å². The van der Waals surface area contributed by atoms with Crippen molar-refractivity contribution in [2.75, 3.05) is 7.05 Å². The standard InChI is InChI=1S/C17H18BrNOS/c1-19(11-15-8-9-16(18)21-15)17(20)14-7-6-12-4-2-3-5-13(12)10-14/h6-10H,2-5,11H2,1H3. The zero-order chi connectivity index (χ0) is 14.8. The van der Waals surface area contributed by atoms with E-state index in [1.807, 2.05) is 19.2 Å². The number of aryl methyl sites for hydroxylation is 2. The predicted octanol–water partition coefficient (Wildman–Crippen LogP) is 4.66. The van der Waals surface area contributed by atoms with Crippen LogP contribution in [0.25, 0.3) is 0 Å². The zero-order valence-electron chi connectivity index (χ0n) is 12.1. The molecule has 0 N–H and O–H groups in total. The van der Waals surface area contributed by atoms with Crippen molar-refractivity contribution in [2.45, 2.75) is 32.2 Å². The highest BCUT2D eigenvalue weighted by Gasteiger charge is 2.16. The highest BCUT2D eigenvalue weighted by atomic mass is 79.9. The summed E-state index contributed by atoms with van der Waals surface area (Å²) in [4.78, 5) is 15.5. The van der Waals surface area contributed by atoms with Gasteiger partial charge in [-0.3, -0.25) is 4.79 Å². The molecule has 2 nitrogen and oxygen atoms in total. The molecule has 3 rings (SSSR count). The minimum Gasteiger partial charge on any atom is -0.337 e. The van der Waals surface area contributed by atoms with E-state index in [0.29, 0.717) is 6.54 Å². The Bertz CT molecular complexity index is 665. The van der Waals surface area contributed by atoms with Crippen molar-refractivity contribution in [3.63, 3.8) is 0 Å². The van der Waals surface area contributed by atoms with Gasteiger partial charge < -0.3 is 4.90 Å². The van der Waals surface area contributed by atoms with Gasteiger partial charge in [0.1, 0.15) is 0 Å². The first-order valence-corrected chi connectivity index (χ1v) is 8.86. The van der Waals surface area contributed by atoms with Gasteiger partial charge in [0.25, 0.3) is 5.91 Å². The lowest BCUT2D eigenvalue weighted by atomic mass is 9.90. The first-order valence-electron chi connectivity index (χ1n) is 7.25. The van der Waals surface area contributed by atoms with Crippen LogP contribution in [0.1, 0.15) is 39.2 Å². The predicted molar refractivity (Wildman–Crippen MR) is 90.9 cm³/mol. The van der Waals surface area contributed by atoms with Crippen molar-refractivity contribution in [1.29, 1.82) is 0 Å². The molecule has 0 radical (unpaired) electrons. The van der Waals surface area contributed by atoms with Crippen molar-refractivity contribution in [3.8, 4) is 0 Å². The first-order chi connectivity index (χ1) is 10.1. The lowest BCUT2D eigenvalue weighted by molar-refractivity contribution is 0.0786. The van der Waals surface area contributed by atoms with Crippen molar-refractivity contribution < 1.29 is 4.79 Å². The molecule has 1 aromatic heterocycles.